The molecule has 15 heavy (non-hydrogen) atoms. The average molecular weight is 271 g/mol. The van der Waals surface area contributed by atoms with Gasteiger partial charge in [0.05, 0.1) is 4.60 Å². The SMILES string of the molecule is CCC(CC)N1CCn2c(Br)ccc2C1. The summed E-state index contributed by atoms with van der Waals surface area (Å²) in [6.07, 6.45) is 2.52. The summed E-state index contributed by atoms with van der Waals surface area (Å²) in [5.74, 6) is 0. The molecule has 2 rings (SSSR count). The highest BCUT2D eigenvalue weighted by Gasteiger charge is 2.21. The zero-order valence-electron chi connectivity index (χ0n) is 9.54. The maximum absolute atomic E-state index is 3.59. The van der Waals surface area contributed by atoms with E-state index in [4.69, 9.17) is 0 Å². The molecular weight excluding hydrogens is 252 g/mol. The number of rotatable bonds is 3. The van der Waals surface area contributed by atoms with Crippen molar-refractivity contribution in [3.05, 3.63) is 22.4 Å². The highest BCUT2D eigenvalue weighted by Crippen LogP contribution is 2.23. The van der Waals surface area contributed by atoms with Gasteiger partial charge in [-0.15, -0.1) is 0 Å². The Morgan fingerprint density at radius 3 is 2.67 bits per heavy atom. The Hall–Kier alpha value is -0.280. The van der Waals surface area contributed by atoms with Crippen LogP contribution in [0.1, 0.15) is 32.4 Å². The van der Waals surface area contributed by atoms with E-state index in [9.17, 15) is 0 Å². The van der Waals surface area contributed by atoms with Crippen LogP contribution in [-0.4, -0.2) is 22.1 Å². The Morgan fingerprint density at radius 2 is 2.00 bits per heavy atom. The Labute approximate surface area is 100 Å². The summed E-state index contributed by atoms with van der Waals surface area (Å²) in [5, 5.41) is 0. The van der Waals surface area contributed by atoms with Crippen molar-refractivity contribution in [1.82, 2.24) is 9.47 Å². The normalized spacial score (nSPS) is 17.1. The molecule has 0 saturated carbocycles. The van der Waals surface area contributed by atoms with E-state index in [1.807, 2.05) is 0 Å². The Kier molecular flexibility index (Phi) is 3.52. The molecule has 0 bridgehead atoms. The maximum atomic E-state index is 3.59. The van der Waals surface area contributed by atoms with Crippen LogP contribution in [0.15, 0.2) is 16.7 Å². The van der Waals surface area contributed by atoms with Crippen molar-refractivity contribution in [2.24, 2.45) is 0 Å². The molecule has 1 aromatic heterocycles. The average Bonchev–Trinajstić information content (AvgIpc) is 2.62. The largest absolute Gasteiger partial charge is 0.337 e. The lowest BCUT2D eigenvalue weighted by Crippen LogP contribution is -2.40. The molecule has 3 heteroatoms. The molecule has 0 saturated heterocycles. The highest BCUT2D eigenvalue weighted by molar-refractivity contribution is 9.10. The van der Waals surface area contributed by atoms with Gasteiger partial charge in [-0.1, -0.05) is 13.8 Å². The maximum Gasteiger partial charge on any atom is 0.0849 e. The van der Waals surface area contributed by atoms with Crippen molar-refractivity contribution >= 4 is 15.9 Å². The topological polar surface area (TPSA) is 8.17 Å². The molecule has 0 atom stereocenters. The molecule has 1 aliphatic rings. The molecule has 0 fully saturated rings. The van der Waals surface area contributed by atoms with Gasteiger partial charge < -0.3 is 4.57 Å². The molecular formula is C12H19BrN2. The van der Waals surface area contributed by atoms with E-state index in [1.165, 1.54) is 29.7 Å². The second-order valence-electron chi connectivity index (χ2n) is 4.24. The van der Waals surface area contributed by atoms with Gasteiger partial charge in [0.1, 0.15) is 0 Å². The van der Waals surface area contributed by atoms with E-state index in [0.29, 0.717) is 0 Å². The minimum absolute atomic E-state index is 0.757. The van der Waals surface area contributed by atoms with E-state index in [-0.39, 0.29) is 0 Å². The molecule has 0 aromatic carbocycles. The number of hydrogen-bond acceptors (Lipinski definition) is 1. The summed E-state index contributed by atoms with van der Waals surface area (Å²) in [6.45, 7) is 8.00. The molecule has 0 radical (unpaired) electrons. The summed E-state index contributed by atoms with van der Waals surface area (Å²) in [7, 11) is 0. The van der Waals surface area contributed by atoms with Gasteiger partial charge in [0.25, 0.3) is 0 Å². The minimum atomic E-state index is 0.757. The van der Waals surface area contributed by atoms with Crippen LogP contribution in [0.2, 0.25) is 0 Å². The lowest BCUT2D eigenvalue weighted by Gasteiger charge is -2.34. The van der Waals surface area contributed by atoms with Gasteiger partial charge in [-0.05, 0) is 40.9 Å². The van der Waals surface area contributed by atoms with Crippen LogP contribution < -0.4 is 0 Å². The van der Waals surface area contributed by atoms with E-state index in [0.717, 1.165) is 19.1 Å². The van der Waals surface area contributed by atoms with Gasteiger partial charge in [0.15, 0.2) is 0 Å². The molecule has 2 nitrogen and oxygen atoms in total. The monoisotopic (exact) mass is 270 g/mol. The number of halogens is 1. The third-order valence-corrected chi connectivity index (χ3v) is 4.15. The first-order valence-electron chi connectivity index (χ1n) is 5.84. The first-order valence-corrected chi connectivity index (χ1v) is 6.63. The predicted octanol–water partition coefficient (Wildman–Crippen LogP) is 3.25. The number of nitrogens with zero attached hydrogens (tertiary/aromatic N) is 2. The van der Waals surface area contributed by atoms with Crippen LogP contribution in [-0.2, 0) is 13.1 Å². The van der Waals surface area contributed by atoms with E-state index < -0.39 is 0 Å². The van der Waals surface area contributed by atoms with E-state index in [1.54, 1.807) is 0 Å². The fraction of sp³-hybridized carbons (Fsp3) is 0.667. The summed E-state index contributed by atoms with van der Waals surface area (Å²) in [6, 6.07) is 5.15. The van der Waals surface area contributed by atoms with Crippen molar-refractivity contribution in [3.63, 3.8) is 0 Å². The highest BCUT2D eigenvalue weighted by atomic mass is 79.9. The third kappa shape index (κ3) is 2.13. The van der Waals surface area contributed by atoms with Gasteiger partial charge in [0, 0.05) is 31.4 Å². The second-order valence-corrected chi connectivity index (χ2v) is 5.05. The molecule has 0 aliphatic carbocycles. The fourth-order valence-electron chi connectivity index (χ4n) is 2.50. The summed E-state index contributed by atoms with van der Waals surface area (Å²) in [4.78, 5) is 2.61. The quantitative estimate of drug-likeness (QED) is 0.819. The first kappa shape index (κ1) is 11.2. The van der Waals surface area contributed by atoms with Gasteiger partial charge in [-0.25, -0.2) is 0 Å². The molecule has 0 amide bonds. The molecule has 84 valence electrons. The van der Waals surface area contributed by atoms with Gasteiger partial charge in [0.2, 0.25) is 0 Å². The van der Waals surface area contributed by atoms with Crippen LogP contribution in [0.4, 0.5) is 0 Å². The number of fused-ring (bicyclic) bond motifs is 1. The Balaban J connectivity index is 2.11. The first-order chi connectivity index (χ1) is 7.26. The predicted molar refractivity (Wildman–Crippen MR) is 66.9 cm³/mol. The van der Waals surface area contributed by atoms with Crippen LogP contribution in [0, 0.1) is 0 Å². The van der Waals surface area contributed by atoms with Crippen molar-refractivity contribution in [2.75, 3.05) is 6.54 Å². The second kappa shape index (κ2) is 4.71. The fourth-order valence-corrected chi connectivity index (χ4v) is 3.04. The lowest BCUT2D eigenvalue weighted by molar-refractivity contribution is 0.146. The van der Waals surface area contributed by atoms with Gasteiger partial charge >= 0.3 is 0 Å². The van der Waals surface area contributed by atoms with E-state index >= 15 is 0 Å². The summed E-state index contributed by atoms with van der Waals surface area (Å²) >= 11 is 3.59. The molecule has 0 spiro atoms. The van der Waals surface area contributed by atoms with Crippen molar-refractivity contribution in [3.8, 4) is 0 Å². The molecule has 2 heterocycles. The zero-order chi connectivity index (χ0) is 10.8. The van der Waals surface area contributed by atoms with Crippen LogP contribution >= 0.6 is 15.9 Å². The standard InChI is InChI=1S/C12H19BrN2/c1-3-10(4-2)14-7-8-15-11(9-14)5-6-12(15)13/h5-6,10H,3-4,7-9H2,1-2H3. The van der Waals surface area contributed by atoms with Crippen molar-refractivity contribution < 1.29 is 0 Å². The van der Waals surface area contributed by atoms with Gasteiger partial charge in [-0.3, -0.25) is 4.90 Å². The zero-order valence-corrected chi connectivity index (χ0v) is 11.1. The Morgan fingerprint density at radius 1 is 1.27 bits per heavy atom. The molecule has 0 N–H and O–H groups in total. The molecule has 1 aromatic rings. The van der Waals surface area contributed by atoms with Crippen LogP contribution in [0.5, 0.6) is 0 Å². The van der Waals surface area contributed by atoms with Crippen molar-refractivity contribution in [1.29, 1.82) is 0 Å². The molecule has 0 unspecified atom stereocenters. The smallest absolute Gasteiger partial charge is 0.0849 e. The van der Waals surface area contributed by atoms with Crippen molar-refractivity contribution in [2.45, 2.75) is 45.8 Å². The Bertz CT molecular complexity index is 328. The third-order valence-electron chi connectivity index (χ3n) is 3.45. The number of aromatic nitrogens is 1. The minimum Gasteiger partial charge on any atom is -0.337 e. The number of hydrogen-bond donors (Lipinski definition) is 0. The molecule has 1 aliphatic heterocycles. The van der Waals surface area contributed by atoms with Gasteiger partial charge in [-0.2, -0.15) is 0 Å². The van der Waals surface area contributed by atoms with E-state index in [2.05, 4.69) is 51.4 Å². The van der Waals surface area contributed by atoms with Crippen LogP contribution in [0.3, 0.4) is 0 Å². The summed E-state index contributed by atoms with van der Waals surface area (Å²) < 4.78 is 3.60. The summed E-state index contributed by atoms with van der Waals surface area (Å²) in [5.41, 5.74) is 1.44. The lowest BCUT2D eigenvalue weighted by atomic mass is 10.1. The van der Waals surface area contributed by atoms with Crippen LogP contribution in [0.25, 0.3) is 0 Å².